The van der Waals surface area contributed by atoms with Gasteiger partial charge in [0.2, 0.25) is 17.8 Å². The van der Waals surface area contributed by atoms with Gasteiger partial charge in [0.05, 0.1) is 37.9 Å². The Morgan fingerprint density at radius 1 is 0.915 bits per heavy atom. The summed E-state index contributed by atoms with van der Waals surface area (Å²) in [5.74, 6) is 0.780. The second-order valence-corrected chi connectivity index (χ2v) is 15.0. The van der Waals surface area contributed by atoms with Crippen molar-refractivity contribution in [3.8, 4) is 5.75 Å². The smallest absolute Gasteiger partial charge is 0.456 e. The summed E-state index contributed by atoms with van der Waals surface area (Å²) >= 11 is 0. The minimum Gasteiger partial charge on any atom is -0.494 e. The van der Waals surface area contributed by atoms with Crippen molar-refractivity contribution in [2.45, 2.75) is 129 Å². The van der Waals surface area contributed by atoms with Crippen LogP contribution in [-0.2, 0) is 18.6 Å². The zero-order valence-electron chi connectivity index (χ0n) is 29.5. The predicted molar refractivity (Wildman–Crippen MR) is 184 cm³/mol. The number of methoxy groups -OCH3 is 1. The molecule has 0 radical (unpaired) electrons. The van der Waals surface area contributed by atoms with Crippen molar-refractivity contribution in [2.24, 2.45) is 0 Å². The second-order valence-electron chi connectivity index (χ2n) is 14.5. The number of ether oxygens (including phenoxy) is 3. The molecule has 264 valence electrons. The number of likely N-dealkylation sites (tertiary alicyclic amines) is 1. The number of rotatable bonds is 14. The van der Waals surface area contributed by atoms with Crippen molar-refractivity contribution in [3.63, 3.8) is 0 Å². The molecule has 1 aromatic carbocycles. The zero-order valence-corrected chi connectivity index (χ0v) is 30.6. The van der Waals surface area contributed by atoms with E-state index in [0.717, 1.165) is 45.1 Å². The molecule has 47 heavy (non-hydrogen) atoms. The first kappa shape index (κ1) is 37.3. The van der Waals surface area contributed by atoms with E-state index < -0.39 is 31.8 Å². The Kier molecular flexibility index (Phi) is 12.5. The van der Waals surface area contributed by atoms with Gasteiger partial charge >= 0.3 is 6.10 Å². The maximum absolute atomic E-state index is 14.5. The number of aromatic nitrogens is 3. The summed E-state index contributed by atoms with van der Waals surface area (Å²) in [7, 11) is -0.200. The molecule has 2 heterocycles. The van der Waals surface area contributed by atoms with Gasteiger partial charge in [-0.15, -0.1) is 0 Å². The Morgan fingerprint density at radius 2 is 1.55 bits per heavy atom. The third-order valence-electron chi connectivity index (χ3n) is 8.70. The Hall–Kier alpha value is -2.57. The normalized spacial score (nSPS) is 21.6. The largest absolute Gasteiger partial charge is 0.494 e. The number of benzene rings is 1. The fraction of sp³-hybridized carbons (Fsp3) is 0.727. The van der Waals surface area contributed by atoms with Crippen LogP contribution in [0.25, 0.3) is 0 Å². The van der Waals surface area contributed by atoms with E-state index in [-0.39, 0.29) is 23.8 Å². The summed E-state index contributed by atoms with van der Waals surface area (Å²) in [4.78, 5) is 14.1. The van der Waals surface area contributed by atoms with Crippen LogP contribution in [0.3, 0.4) is 0 Å². The molecule has 1 saturated heterocycles. The minimum absolute atomic E-state index is 0.0437. The summed E-state index contributed by atoms with van der Waals surface area (Å²) in [6.07, 6.45) is 7.05. The quantitative estimate of drug-likeness (QED) is 0.0809. The number of anilines is 4. The third kappa shape index (κ3) is 9.75. The molecule has 1 aliphatic carbocycles. The van der Waals surface area contributed by atoms with Gasteiger partial charge < -0.3 is 20.7 Å². The van der Waals surface area contributed by atoms with Crippen LogP contribution >= 0.6 is 8.69 Å². The van der Waals surface area contributed by atoms with E-state index >= 15 is 0 Å². The maximum atomic E-state index is 14.5. The average Bonchev–Trinajstić information content (AvgIpc) is 3.24. The lowest BCUT2D eigenvalue weighted by Crippen LogP contribution is -2.73. The number of quaternary nitrogens is 1. The lowest BCUT2D eigenvalue weighted by molar-refractivity contribution is -1.06. The molecule has 0 bridgehead atoms. The van der Waals surface area contributed by atoms with Crippen LogP contribution in [0.15, 0.2) is 18.2 Å². The highest BCUT2D eigenvalue weighted by atomic mass is 31.1. The third-order valence-corrected chi connectivity index (χ3v) is 9.09. The lowest BCUT2D eigenvalue weighted by atomic mass is 10.1. The van der Waals surface area contributed by atoms with Crippen LogP contribution in [0, 0.1) is 5.82 Å². The number of halogens is 1. The second kappa shape index (κ2) is 15.8. The van der Waals surface area contributed by atoms with E-state index in [0.29, 0.717) is 35.2 Å². The summed E-state index contributed by atoms with van der Waals surface area (Å²) in [6, 6.07) is 4.84. The molecule has 1 aromatic heterocycles. The molecule has 2 aromatic rings. The number of nitrogens with one attached hydrogen (secondary N) is 3. The van der Waals surface area contributed by atoms with Crippen LogP contribution in [0.2, 0.25) is 0 Å². The molecule has 2 aliphatic rings. The van der Waals surface area contributed by atoms with Crippen LogP contribution in [0.1, 0.15) is 99.8 Å². The molecule has 12 nitrogen and oxygen atoms in total. The van der Waals surface area contributed by atoms with Gasteiger partial charge in [-0.2, -0.15) is 15.0 Å². The molecular formula is C33H56FN7O5P+. The molecule has 1 aliphatic heterocycles. The number of hydrogen-bond acceptors (Lipinski definition) is 11. The lowest BCUT2D eigenvalue weighted by Gasteiger charge is -2.53. The van der Waals surface area contributed by atoms with E-state index in [9.17, 15) is 8.96 Å². The fourth-order valence-corrected chi connectivity index (χ4v) is 7.17. The highest BCUT2D eigenvalue weighted by Gasteiger charge is 2.64. The van der Waals surface area contributed by atoms with Crippen LogP contribution in [-0.4, -0.2) is 75.6 Å². The van der Waals surface area contributed by atoms with E-state index in [1.54, 1.807) is 12.1 Å². The number of hydrogen-bond donors (Lipinski definition) is 3. The van der Waals surface area contributed by atoms with Crippen LogP contribution in [0.5, 0.6) is 5.75 Å². The van der Waals surface area contributed by atoms with Crippen molar-refractivity contribution in [3.05, 3.63) is 24.0 Å². The molecule has 2 fully saturated rings. The fourth-order valence-electron chi connectivity index (χ4n) is 6.74. The first-order chi connectivity index (χ1) is 22.2. The topological polar surface area (TPSA) is 129 Å². The number of likely N-dealkylation sites (N-methyl/N-ethyl adjacent to an activating group) is 1. The van der Waals surface area contributed by atoms with E-state index in [1.807, 2.05) is 41.5 Å². The van der Waals surface area contributed by atoms with Crippen molar-refractivity contribution in [1.82, 2.24) is 15.0 Å². The first-order valence-electron chi connectivity index (χ1n) is 17.0. The molecule has 3 atom stereocenters. The van der Waals surface area contributed by atoms with Crippen molar-refractivity contribution >= 4 is 32.2 Å². The SMILES string of the molecule is CC[N+]1(C(O[PH2]=O)(OC(C)(C)C)OC(C)(C)C)CCCC1CNc1nc(Nc2ccc(OC)c(F)c2)nc(NC2CCCCCC2)n1. The number of nitrogens with zero attached hydrogens (tertiary/aromatic N) is 4. The molecule has 3 N–H and O–H groups in total. The summed E-state index contributed by atoms with van der Waals surface area (Å²) in [5.41, 5.74) is -0.802. The first-order valence-corrected chi connectivity index (χ1v) is 17.9. The van der Waals surface area contributed by atoms with Gasteiger partial charge in [-0.05, 0) is 73.4 Å². The van der Waals surface area contributed by atoms with Crippen LogP contribution in [0.4, 0.5) is 27.9 Å². The highest BCUT2D eigenvalue weighted by molar-refractivity contribution is 7.17. The monoisotopic (exact) mass is 680 g/mol. The summed E-state index contributed by atoms with van der Waals surface area (Å²) < 4.78 is 51.6. The van der Waals surface area contributed by atoms with Crippen molar-refractivity contribution in [2.75, 3.05) is 42.7 Å². The molecule has 3 unspecified atom stereocenters. The Bertz CT molecular complexity index is 1320. The van der Waals surface area contributed by atoms with Gasteiger partial charge in [-0.3, -0.25) is 14.0 Å². The van der Waals surface area contributed by atoms with Crippen LogP contribution < -0.4 is 20.7 Å². The molecule has 4 rings (SSSR count). The Labute approximate surface area is 280 Å². The van der Waals surface area contributed by atoms with E-state index in [4.69, 9.17) is 23.7 Å². The molecule has 0 spiro atoms. The summed E-state index contributed by atoms with van der Waals surface area (Å²) in [6.45, 7) is 15.6. The van der Waals surface area contributed by atoms with Gasteiger partial charge in [0.15, 0.2) is 20.3 Å². The van der Waals surface area contributed by atoms with Gasteiger partial charge in [0, 0.05) is 30.6 Å². The van der Waals surface area contributed by atoms with E-state index in [2.05, 4.69) is 32.8 Å². The maximum Gasteiger partial charge on any atom is 0.456 e. The van der Waals surface area contributed by atoms with Crippen molar-refractivity contribution in [1.29, 1.82) is 0 Å². The zero-order chi connectivity index (χ0) is 34.3. The predicted octanol–water partition coefficient (Wildman–Crippen LogP) is 7.24. The highest BCUT2D eigenvalue weighted by Crippen LogP contribution is 2.45. The Morgan fingerprint density at radius 3 is 2.13 bits per heavy atom. The molecule has 1 saturated carbocycles. The minimum atomic E-state index is -1.63. The molecule has 14 heteroatoms. The van der Waals surface area contributed by atoms with Gasteiger partial charge in [-0.1, -0.05) is 25.7 Å². The standard InChI is InChI=1S/C33H56FN7O5P/c1-9-41(33(46-47-42,44-31(2,3)4)45-32(5,6)7)20-14-17-25(41)22-35-28-38-29(36-23-15-12-10-11-13-16-23)40-30(39-28)37-24-18-19-27(43-8)26(34)21-24/h18-19,21,23,25H,9-17,20,22,47H2,1-8H3,(H3,35,36,37,38,39,40)/q+1. The Balaban J connectivity index is 1.66. The molecule has 0 amide bonds. The molecular weight excluding hydrogens is 624 g/mol. The van der Waals surface area contributed by atoms with E-state index in [1.165, 1.54) is 26.0 Å². The van der Waals surface area contributed by atoms with Gasteiger partial charge in [-0.25, -0.2) is 13.4 Å². The van der Waals surface area contributed by atoms with Gasteiger partial charge in [0.25, 0.3) is 0 Å². The van der Waals surface area contributed by atoms with Gasteiger partial charge in [0.1, 0.15) is 6.04 Å². The average molecular weight is 681 g/mol. The summed E-state index contributed by atoms with van der Waals surface area (Å²) in [5, 5.41) is 10.1. The van der Waals surface area contributed by atoms with Crippen molar-refractivity contribution < 1.29 is 32.2 Å².